The number of para-hydroxylation sites is 2. The molecule has 5 heterocycles. The molecule has 0 bridgehead atoms. The number of aromatic nitrogens is 6. The van der Waals surface area contributed by atoms with Crippen molar-refractivity contribution in [2.45, 2.75) is 0 Å². The third-order valence-electron chi connectivity index (χ3n) is 8.90. The first-order valence-corrected chi connectivity index (χ1v) is 15.6. The normalized spacial score (nSPS) is 11.5. The van der Waals surface area contributed by atoms with E-state index in [0.717, 1.165) is 72.9 Å². The Morgan fingerprint density at radius 2 is 1.19 bits per heavy atom. The van der Waals surface area contributed by atoms with Crippen molar-refractivity contribution in [3.8, 4) is 50.8 Å². The van der Waals surface area contributed by atoms with Gasteiger partial charge in [-0.15, -0.1) is 0 Å². The number of aryl methyl sites for hydroxylation is 1. The second-order valence-corrected chi connectivity index (χ2v) is 11.7. The summed E-state index contributed by atoms with van der Waals surface area (Å²) in [4.78, 5) is 19.0. The number of fused-ring (bicyclic) bond motifs is 4. The van der Waals surface area contributed by atoms with Crippen LogP contribution < -0.4 is 0 Å². The number of benzene rings is 4. The minimum atomic E-state index is 0.908. The van der Waals surface area contributed by atoms with Crippen LogP contribution in [0.3, 0.4) is 0 Å². The van der Waals surface area contributed by atoms with Crippen LogP contribution >= 0.6 is 0 Å². The predicted octanol–water partition coefficient (Wildman–Crippen LogP) is 9.52. The zero-order valence-corrected chi connectivity index (χ0v) is 25.6. The van der Waals surface area contributed by atoms with Gasteiger partial charge in [0.1, 0.15) is 5.82 Å². The molecule has 6 nitrogen and oxygen atoms in total. The highest BCUT2D eigenvalue weighted by Gasteiger charge is 2.17. The van der Waals surface area contributed by atoms with E-state index in [1.807, 2.05) is 48.8 Å². The Morgan fingerprint density at radius 1 is 0.468 bits per heavy atom. The van der Waals surface area contributed by atoms with Crippen molar-refractivity contribution in [1.29, 1.82) is 0 Å². The van der Waals surface area contributed by atoms with E-state index in [2.05, 4.69) is 123 Å². The van der Waals surface area contributed by atoms with Crippen LogP contribution in [0.5, 0.6) is 0 Å². The molecular weight excluding hydrogens is 576 g/mol. The van der Waals surface area contributed by atoms with Crippen LogP contribution in [0.2, 0.25) is 0 Å². The number of nitrogens with zero attached hydrogens (tertiary/aromatic N) is 6. The Morgan fingerprint density at radius 3 is 1.96 bits per heavy atom. The molecule has 0 saturated heterocycles. The van der Waals surface area contributed by atoms with Gasteiger partial charge in [0.15, 0.2) is 0 Å². The lowest BCUT2D eigenvalue weighted by molar-refractivity contribution is 0.959. The van der Waals surface area contributed by atoms with Crippen molar-refractivity contribution in [2.75, 3.05) is 0 Å². The molecule has 9 rings (SSSR count). The van der Waals surface area contributed by atoms with Gasteiger partial charge < -0.3 is 9.13 Å². The highest BCUT2D eigenvalue weighted by Crippen LogP contribution is 2.38. The monoisotopic (exact) mass is 604 g/mol. The van der Waals surface area contributed by atoms with E-state index in [9.17, 15) is 0 Å². The smallest absolute Gasteiger partial charge is 0.140 e. The van der Waals surface area contributed by atoms with Crippen molar-refractivity contribution in [1.82, 2.24) is 29.1 Å². The zero-order valence-electron chi connectivity index (χ0n) is 25.6. The first-order valence-electron chi connectivity index (χ1n) is 15.6. The first-order chi connectivity index (χ1) is 23.2. The van der Waals surface area contributed by atoms with E-state index in [1.54, 1.807) is 6.20 Å². The third-order valence-corrected chi connectivity index (χ3v) is 8.90. The summed E-state index contributed by atoms with van der Waals surface area (Å²) in [7, 11) is 2.08. The summed E-state index contributed by atoms with van der Waals surface area (Å²) in [5.74, 6) is 0.935. The van der Waals surface area contributed by atoms with Crippen molar-refractivity contribution in [3.63, 3.8) is 0 Å². The molecule has 0 fully saturated rings. The van der Waals surface area contributed by atoms with Gasteiger partial charge >= 0.3 is 0 Å². The summed E-state index contributed by atoms with van der Waals surface area (Å²) >= 11 is 0. The topological polar surface area (TPSA) is 61.4 Å². The Labute approximate surface area is 271 Å². The first kappa shape index (κ1) is 27.0. The summed E-state index contributed by atoms with van der Waals surface area (Å²) in [6, 6.07) is 46.3. The van der Waals surface area contributed by atoms with Crippen LogP contribution in [0, 0.1) is 0 Å². The molecule has 0 N–H and O–H groups in total. The molecule has 0 atom stereocenters. The molecule has 0 saturated carbocycles. The maximum absolute atomic E-state index is 5.01. The van der Waals surface area contributed by atoms with Crippen molar-refractivity contribution in [2.24, 2.45) is 7.05 Å². The second kappa shape index (κ2) is 10.9. The van der Waals surface area contributed by atoms with Gasteiger partial charge in [0.25, 0.3) is 0 Å². The van der Waals surface area contributed by atoms with E-state index >= 15 is 0 Å². The fourth-order valence-corrected chi connectivity index (χ4v) is 6.59. The van der Waals surface area contributed by atoms with E-state index in [1.165, 1.54) is 10.8 Å². The van der Waals surface area contributed by atoms with Gasteiger partial charge in [0.05, 0.1) is 39.1 Å². The van der Waals surface area contributed by atoms with Gasteiger partial charge in [0.2, 0.25) is 0 Å². The second-order valence-electron chi connectivity index (χ2n) is 11.7. The lowest BCUT2D eigenvalue weighted by atomic mass is 10.1. The number of rotatable bonds is 5. The lowest BCUT2D eigenvalue weighted by Gasteiger charge is -2.11. The fourth-order valence-electron chi connectivity index (χ4n) is 6.59. The fraction of sp³-hybridized carbons (Fsp3) is 0.0244. The summed E-state index contributed by atoms with van der Waals surface area (Å²) in [5, 5.41) is 2.34. The molecule has 0 unspecified atom stereocenters. The van der Waals surface area contributed by atoms with Crippen LogP contribution in [0.25, 0.3) is 83.7 Å². The minimum absolute atomic E-state index is 0.908. The Kier molecular flexibility index (Phi) is 6.25. The molecule has 0 aliphatic heterocycles. The van der Waals surface area contributed by atoms with E-state index < -0.39 is 0 Å². The van der Waals surface area contributed by atoms with Crippen LogP contribution in [-0.2, 0) is 7.05 Å². The standard InChI is InChI=1S/C41H28N6/c1-46-39-14-3-2-13-37(39)45-41(46)29-15-18-32-33-24-28(34-11-4-6-21-42-34)17-20-38(33)47(40(32)25-29)31-10-8-9-27(23-31)36-19-16-30(26-44-36)35-12-5-7-22-43-35/h2-26H,1H3. The highest BCUT2D eigenvalue weighted by atomic mass is 15.1. The van der Waals surface area contributed by atoms with Crippen LogP contribution in [0.1, 0.15) is 0 Å². The molecule has 5 aromatic heterocycles. The third kappa shape index (κ3) is 4.58. The van der Waals surface area contributed by atoms with Gasteiger partial charge in [-0.05, 0) is 78.9 Å². The van der Waals surface area contributed by atoms with E-state index in [4.69, 9.17) is 9.97 Å². The van der Waals surface area contributed by atoms with Crippen molar-refractivity contribution < 1.29 is 0 Å². The molecular formula is C41H28N6. The molecule has 9 aromatic rings. The molecule has 222 valence electrons. The average Bonchev–Trinajstić information content (AvgIpc) is 3.66. The number of imidazole rings is 1. The molecule has 0 radical (unpaired) electrons. The number of hydrogen-bond acceptors (Lipinski definition) is 4. The number of hydrogen-bond donors (Lipinski definition) is 0. The Hall–Kier alpha value is -6.40. The van der Waals surface area contributed by atoms with Gasteiger partial charge in [-0.2, -0.15) is 0 Å². The largest absolute Gasteiger partial charge is 0.327 e. The van der Waals surface area contributed by atoms with Crippen LogP contribution in [0.15, 0.2) is 152 Å². The van der Waals surface area contributed by atoms with Gasteiger partial charge in [-0.3, -0.25) is 15.0 Å². The van der Waals surface area contributed by atoms with Gasteiger partial charge in [-0.25, -0.2) is 4.98 Å². The minimum Gasteiger partial charge on any atom is -0.327 e. The van der Waals surface area contributed by atoms with Gasteiger partial charge in [-0.1, -0.05) is 54.6 Å². The molecule has 0 spiro atoms. The van der Waals surface area contributed by atoms with E-state index in [-0.39, 0.29) is 0 Å². The maximum Gasteiger partial charge on any atom is 0.140 e. The van der Waals surface area contributed by atoms with E-state index in [0.29, 0.717) is 0 Å². The zero-order chi connectivity index (χ0) is 31.3. The molecule has 6 heteroatoms. The Bertz CT molecular complexity index is 2560. The summed E-state index contributed by atoms with van der Waals surface area (Å²) in [5.41, 5.74) is 12.3. The predicted molar refractivity (Wildman–Crippen MR) is 190 cm³/mol. The molecule has 47 heavy (non-hydrogen) atoms. The summed E-state index contributed by atoms with van der Waals surface area (Å²) in [6.45, 7) is 0. The maximum atomic E-state index is 5.01. The number of pyridine rings is 3. The Balaban J connectivity index is 1.23. The quantitative estimate of drug-likeness (QED) is 0.196. The molecule has 0 aliphatic rings. The summed E-state index contributed by atoms with van der Waals surface area (Å²) < 4.78 is 4.52. The molecule has 0 aliphatic carbocycles. The molecule has 0 amide bonds. The highest BCUT2D eigenvalue weighted by molar-refractivity contribution is 6.11. The summed E-state index contributed by atoms with van der Waals surface area (Å²) in [6.07, 6.45) is 5.54. The lowest BCUT2D eigenvalue weighted by Crippen LogP contribution is -1.96. The molecule has 4 aromatic carbocycles. The van der Waals surface area contributed by atoms with Gasteiger partial charge in [0, 0.05) is 64.4 Å². The van der Waals surface area contributed by atoms with Crippen molar-refractivity contribution in [3.05, 3.63) is 152 Å². The SMILES string of the molecule is Cn1c(-c2ccc3c4cc(-c5ccccn5)ccc4n(-c4cccc(-c5ccc(-c6ccccn6)cn5)c4)c3c2)nc2ccccc21. The van der Waals surface area contributed by atoms with Crippen LogP contribution in [0.4, 0.5) is 0 Å². The van der Waals surface area contributed by atoms with Crippen molar-refractivity contribution >= 4 is 32.8 Å². The average molecular weight is 605 g/mol. The van der Waals surface area contributed by atoms with Crippen LogP contribution in [-0.4, -0.2) is 29.1 Å².